The Bertz CT molecular complexity index is 669. The number of ether oxygens (including phenoxy) is 1. The summed E-state index contributed by atoms with van der Waals surface area (Å²) in [5.41, 5.74) is 0.784. The summed E-state index contributed by atoms with van der Waals surface area (Å²) in [7, 11) is 0. The number of aliphatic hydroxyl groups is 2. The number of carbonyl (C=O) groups is 2. The number of carbonyl (C=O) groups excluding carboxylic acids is 2. The smallest absolute Gasteiger partial charge is 0.343 e. The number of fused-ring (bicyclic) bond motifs is 1. The highest BCUT2D eigenvalue weighted by Crippen LogP contribution is 2.40. The molecule has 1 aromatic carbocycles. The summed E-state index contributed by atoms with van der Waals surface area (Å²) in [6.45, 7) is 4.28. The number of esters is 1. The average Bonchev–Trinajstić information content (AvgIpc) is 2.41. The van der Waals surface area contributed by atoms with E-state index in [4.69, 9.17) is 4.74 Å². The van der Waals surface area contributed by atoms with Gasteiger partial charge in [-0.15, -0.1) is 0 Å². The fraction of sp³-hybridized carbons (Fsp3) is 0.333. The molecule has 1 aromatic rings. The first-order valence-electron chi connectivity index (χ1n) is 6.42. The van der Waals surface area contributed by atoms with Crippen molar-refractivity contribution in [1.82, 2.24) is 0 Å². The number of ketones is 1. The molecule has 0 amide bonds. The van der Waals surface area contributed by atoms with Gasteiger partial charge in [-0.1, -0.05) is 0 Å². The van der Waals surface area contributed by atoms with E-state index in [0.29, 0.717) is 5.56 Å². The minimum absolute atomic E-state index is 0.112. The van der Waals surface area contributed by atoms with Crippen LogP contribution in [-0.4, -0.2) is 33.2 Å². The molecule has 6 heteroatoms. The third-order valence-corrected chi connectivity index (χ3v) is 3.41. The van der Waals surface area contributed by atoms with Crippen molar-refractivity contribution in [1.29, 1.82) is 0 Å². The predicted octanol–water partition coefficient (Wildman–Crippen LogP) is 1.56. The number of aliphatic hydroxyl groups excluding tert-OH is 2. The molecule has 0 spiro atoms. The van der Waals surface area contributed by atoms with Gasteiger partial charge in [0.15, 0.2) is 5.78 Å². The molecule has 1 unspecified atom stereocenters. The molecule has 0 aromatic heterocycles. The fourth-order valence-corrected chi connectivity index (χ4v) is 2.28. The highest BCUT2D eigenvalue weighted by molar-refractivity contribution is 6.00. The van der Waals surface area contributed by atoms with E-state index in [-0.39, 0.29) is 40.4 Å². The molecule has 1 aliphatic heterocycles. The lowest BCUT2D eigenvalue weighted by Crippen LogP contribution is -2.25. The summed E-state index contributed by atoms with van der Waals surface area (Å²) in [4.78, 5) is 23.4. The zero-order chi connectivity index (χ0) is 15.9. The van der Waals surface area contributed by atoms with E-state index in [1.807, 2.05) is 0 Å². The van der Waals surface area contributed by atoms with Crippen LogP contribution in [0, 0.1) is 6.92 Å². The zero-order valence-corrected chi connectivity index (χ0v) is 11.9. The first-order valence-corrected chi connectivity index (χ1v) is 6.42. The quantitative estimate of drug-likeness (QED) is 0.251. The van der Waals surface area contributed by atoms with Crippen LogP contribution >= 0.6 is 0 Å². The molecule has 1 aliphatic rings. The zero-order valence-electron chi connectivity index (χ0n) is 11.9. The second kappa shape index (κ2) is 5.21. The topological polar surface area (TPSA) is 104 Å². The number of hydrogen-bond acceptors (Lipinski definition) is 6. The van der Waals surface area contributed by atoms with Gasteiger partial charge in [0.2, 0.25) is 0 Å². The van der Waals surface area contributed by atoms with Crippen LogP contribution in [0.3, 0.4) is 0 Å². The van der Waals surface area contributed by atoms with Gasteiger partial charge in [-0.2, -0.15) is 0 Å². The number of hydrogen-bond donors (Lipinski definition) is 3. The van der Waals surface area contributed by atoms with Crippen molar-refractivity contribution in [2.24, 2.45) is 0 Å². The van der Waals surface area contributed by atoms with Gasteiger partial charge in [-0.3, -0.25) is 4.79 Å². The predicted molar refractivity (Wildman–Crippen MR) is 73.5 cm³/mol. The van der Waals surface area contributed by atoms with Crippen LogP contribution in [0.15, 0.2) is 17.4 Å². The number of Topliss-reactive ketones (excluding diaryl/α,β-unsaturated/α-hetero) is 1. The maximum atomic E-state index is 11.9. The van der Waals surface area contributed by atoms with Crippen molar-refractivity contribution >= 4 is 11.8 Å². The van der Waals surface area contributed by atoms with Gasteiger partial charge in [0, 0.05) is 12.0 Å². The molecule has 1 atom stereocenters. The molecule has 0 bridgehead atoms. The van der Waals surface area contributed by atoms with E-state index in [9.17, 15) is 24.9 Å². The van der Waals surface area contributed by atoms with Gasteiger partial charge in [0.05, 0.1) is 11.1 Å². The minimum atomic E-state index is -1.23. The molecule has 21 heavy (non-hydrogen) atoms. The van der Waals surface area contributed by atoms with Crippen LogP contribution < -0.4 is 4.74 Å². The summed E-state index contributed by atoms with van der Waals surface area (Å²) in [6, 6.07) is 1.45. The Morgan fingerprint density at radius 2 is 2.05 bits per heavy atom. The summed E-state index contributed by atoms with van der Waals surface area (Å²) in [5.74, 6) is -1.69. The molecule has 1 heterocycles. The van der Waals surface area contributed by atoms with Gasteiger partial charge >= 0.3 is 5.97 Å². The van der Waals surface area contributed by atoms with Crippen molar-refractivity contribution in [3.05, 3.63) is 34.1 Å². The largest absolute Gasteiger partial charge is 0.509 e. The lowest BCUT2D eigenvalue weighted by molar-refractivity contribution is -0.131. The maximum Gasteiger partial charge on any atom is 0.343 e. The summed E-state index contributed by atoms with van der Waals surface area (Å²) < 4.78 is 5.12. The minimum Gasteiger partial charge on any atom is -0.509 e. The fourth-order valence-electron chi connectivity index (χ4n) is 2.28. The lowest BCUT2D eigenvalue weighted by Gasteiger charge is -2.23. The molecule has 0 saturated carbocycles. The van der Waals surface area contributed by atoms with E-state index >= 15 is 0 Å². The lowest BCUT2D eigenvalue weighted by atomic mass is 9.93. The second-order valence-corrected chi connectivity index (χ2v) is 5.06. The Hall–Kier alpha value is -2.34. The number of phenolic OH excluding ortho intramolecular Hbond substituents is 1. The van der Waals surface area contributed by atoms with Crippen LogP contribution in [0.2, 0.25) is 0 Å². The molecule has 0 saturated heterocycles. The SMILES string of the molecule is CC(=O)c1cc(C)c2c(c1O)CC(=C(O)C(C)O)C(=O)O2. The van der Waals surface area contributed by atoms with E-state index in [0.717, 1.165) is 0 Å². The number of phenols is 1. The van der Waals surface area contributed by atoms with Gasteiger partial charge in [-0.25, -0.2) is 4.79 Å². The Labute approximate surface area is 121 Å². The molecule has 3 N–H and O–H groups in total. The monoisotopic (exact) mass is 292 g/mol. The molecule has 2 rings (SSSR count). The number of aryl methyl sites for hydroxylation is 1. The van der Waals surface area contributed by atoms with Crippen LogP contribution in [-0.2, 0) is 11.2 Å². The van der Waals surface area contributed by atoms with E-state index in [1.165, 1.54) is 19.9 Å². The molecule has 0 radical (unpaired) electrons. The molecule has 0 fully saturated rings. The average molecular weight is 292 g/mol. The van der Waals surface area contributed by atoms with Gasteiger partial charge in [0.25, 0.3) is 0 Å². The van der Waals surface area contributed by atoms with Gasteiger partial charge in [0.1, 0.15) is 23.4 Å². The first-order chi connectivity index (χ1) is 9.73. The normalized spacial score (nSPS) is 17.8. The highest BCUT2D eigenvalue weighted by atomic mass is 16.5. The Morgan fingerprint density at radius 3 is 2.57 bits per heavy atom. The van der Waals surface area contributed by atoms with E-state index in [2.05, 4.69) is 0 Å². The van der Waals surface area contributed by atoms with Gasteiger partial charge < -0.3 is 20.1 Å². The highest BCUT2D eigenvalue weighted by Gasteiger charge is 2.32. The Balaban J connectivity index is 2.65. The van der Waals surface area contributed by atoms with Crippen LogP contribution in [0.5, 0.6) is 11.5 Å². The van der Waals surface area contributed by atoms with Crippen molar-refractivity contribution < 1.29 is 29.6 Å². The Morgan fingerprint density at radius 1 is 1.43 bits per heavy atom. The number of rotatable bonds is 2. The molecular weight excluding hydrogens is 276 g/mol. The van der Waals surface area contributed by atoms with E-state index in [1.54, 1.807) is 6.92 Å². The first kappa shape index (κ1) is 15.1. The standard InChI is InChI=1S/C15H16O6/c1-6-4-9(7(2)16)13(19)10-5-11(12(18)8(3)17)15(20)21-14(6)10/h4,8,17-19H,5H2,1-3H3. The molecule has 6 nitrogen and oxygen atoms in total. The van der Waals surface area contributed by atoms with Crippen molar-refractivity contribution in [2.75, 3.05) is 0 Å². The molecule has 112 valence electrons. The van der Waals surface area contributed by atoms with Crippen molar-refractivity contribution in [2.45, 2.75) is 33.3 Å². The molecular formula is C15H16O6. The summed E-state index contributed by atoms with van der Waals surface area (Å²) >= 11 is 0. The van der Waals surface area contributed by atoms with Crippen molar-refractivity contribution in [3.8, 4) is 11.5 Å². The number of aromatic hydroxyl groups is 1. The van der Waals surface area contributed by atoms with Crippen LogP contribution in [0.25, 0.3) is 0 Å². The Kier molecular flexibility index (Phi) is 3.74. The van der Waals surface area contributed by atoms with Crippen LogP contribution in [0.1, 0.15) is 35.3 Å². The van der Waals surface area contributed by atoms with Crippen molar-refractivity contribution in [3.63, 3.8) is 0 Å². The van der Waals surface area contributed by atoms with Crippen LogP contribution in [0.4, 0.5) is 0 Å². The van der Waals surface area contributed by atoms with E-state index < -0.39 is 17.8 Å². The summed E-state index contributed by atoms with van der Waals surface area (Å²) in [5, 5.41) is 29.3. The molecule has 0 aliphatic carbocycles. The maximum absolute atomic E-state index is 11.9. The van der Waals surface area contributed by atoms with Gasteiger partial charge in [-0.05, 0) is 32.4 Å². The third-order valence-electron chi connectivity index (χ3n) is 3.41. The summed E-state index contributed by atoms with van der Waals surface area (Å²) in [6.07, 6.45) is -1.34. The third kappa shape index (κ3) is 2.50. The second-order valence-electron chi connectivity index (χ2n) is 5.06. The number of benzene rings is 1.